The van der Waals surface area contributed by atoms with Crippen molar-refractivity contribution in [3.63, 3.8) is 0 Å². The maximum absolute atomic E-state index is 11.9. The van der Waals surface area contributed by atoms with Crippen LogP contribution in [0.5, 0.6) is 0 Å². The van der Waals surface area contributed by atoms with Crippen molar-refractivity contribution < 1.29 is 43.0 Å². The van der Waals surface area contributed by atoms with Gasteiger partial charge in [0.15, 0.2) is 6.10 Å². The summed E-state index contributed by atoms with van der Waals surface area (Å²) in [5, 5.41) is 9.40. The first-order valence-corrected chi connectivity index (χ1v) is 17.1. The summed E-state index contributed by atoms with van der Waals surface area (Å²) in [6, 6.07) is 0. The largest absolute Gasteiger partial charge is 0.469 e. The van der Waals surface area contributed by atoms with Gasteiger partial charge in [0.05, 0.1) is 13.2 Å². The second-order valence-corrected chi connectivity index (χ2v) is 11.5. The van der Waals surface area contributed by atoms with Crippen molar-refractivity contribution >= 4 is 19.8 Å². The monoisotopic (exact) mass is 597 g/mol. The molecule has 0 saturated heterocycles. The quantitative estimate of drug-likeness (QED) is 0.0477. The number of esters is 2. The van der Waals surface area contributed by atoms with E-state index in [-0.39, 0.29) is 38.3 Å². The van der Waals surface area contributed by atoms with Crippen molar-refractivity contribution in [2.45, 2.75) is 148 Å². The summed E-state index contributed by atoms with van der Waals surface area (Å²) >= 11 is 0. The molecule has 240 valence electrons. The molecule has 0 rings (SSSR count). The van der Waals surface area contributed by atoms with E-state index in [0.29, 0.717) is 12.8 Å². The SMILES string of the molecule is CCCCCCCCCCCC(=O)OC[C@H](CO)OC(=O)CCCCCCCCCCC.NCCOP(=O)(O)O. The molecule has 0 aliphatic heterocycles. The van der Waals surface area contributed by atoms with E-state index in [1.54, 1.807) is 0 Å². The summed E-state index contributed by atoms with van der Waals surface area (Å²) in [7, 11) is -4.26. The van der Waals surface area contributed by atoms with Gasteiger partial charge in [-0.3, -0.25) is 14.1 Å². The minimum absolute atomic E-state index is 0.0593. The number of unbranched alkanes of at least 4 members (excludes halogenated alkanes) is 16. The molecule has 40 heavy (non-hydrogen) atoms. The van der Waals surface area contributed by atoms with Gasteiger partial charge < -0.3 is 30.1 Å². The average molecular weight is 598 g/mol. The summed E-state index contributed by atoms with van der Waals surface area (Å²) in [5.74, 6) is -0.594. The molecule has 1 atom stereocenters. The van der Waals surface area contributed by atoms with Gasteiger partial charge in [0.1, 0.15) is 6.61 Å². The van der Waals surface area contributed by atoms with E-state index in [4.69, 9.17) is 25.0 Å². The number of phosphoric acid groups is 1. The number of nitrogens with two attached hydrogens (primary N) is 1. The minimum Gasteiger partial charge on any atom is -0.462 e. The highest BCUT2D eigenvalue weighted by atomic mass is 31.2. The molecule has 0 amide bonds. The van der Waals surface area contributed by atoms with Gasteiger partial charge in [0.25, 0.3) is 0 Å². The van der Waals surface area contributed by atoms with Crippen molar-refractivity contribution in [2.24, 2.45) is 5.73 Å². The van der Waals surface area contributed by atoms with Crippen LogP contribution in [0.1, 0.15) is 142 Å². The maximum Gasteiger partial charge on any atom is 0.469 e. The summed E-state index contributed by atoms with van der Waals surface area (Å²) in [6.45, 7) is 4.08. The standard InChI is InChI=1S/C27H52O5.C2H8NO4P/c1-3-5-7-9-11-13-15-17-19-21-26(29)31-24-25(23-28)32-27(30)22-20-18-16-14-12-10-8-6-4-2;3-1-2-7-8(4,5)6/h25,28H,3-24H2,1-2H3;1-3H2,(H2,4,5,6)/t25-;/m0./s1. The Hall–Kier alpha value is -1.03. The van der Waals surface area contributed by atoms with E-state index < -0.39 is 13.9 Å². The van der Waals surface area contributed by atoms with E-state index in [9.17, 15) is 19.3 Å². The van der Waals surface area contributed by atoms with E-state index >= 15 is 0 Å². The van der Waals surface area contributed by atoms with Gasteiger partial charge in [0, 0.05) is 19.4 Å². The molecule has 0 fully saturated rings. The molecule has 11 heteroatoms. The van der Waals surface area contributed by atoms with Gasteiger partial charge in [-0.2, -0.15) is 0 Å². The van der Waals surface area contributed by atoms with Gasteiger partial charge in [-0.1, -0.05) is 117 Å². The Bertz CT molecular complexity index is 616. The Balaban J connectivity index is 0. The fraction of sp³-hybridized carbons (Fsp3) is 0.931. The zero-order valence-electron chi connectivity index (χ0n) is 25.4. The van der Waals surface area contributed by atoms with E-state index in [2.05, 4.69) is 18.4 Å². The summed E-state index contributed by atoms with van der Waals surface area (Å²) < 4.78 is 24.2. The first-order chi connectivity index (χ1) is 19.2. The molecule has 0 heterocycles. The molecular weight excluding hydrogens is 537 g/mol. The minimum atomic E-state index is -4.26. The van der Waals surface area contributed by atoms with Gasteiger partial charge in [-0.05, 0) is 12.8 Å². The fourth-order valence-electron chi connectivity index (χ4n) is 3.96. The lowest BCUT2D eigenvalue weighted by Gasteiger charge is -2.15. The number of carbonyl (C=O) groups is 2. The molecule has 0 unspecified atom stereocenters. The molecule has 0 aromatic carbocycles. The van der Waals surface area contributed by atoms with Crippen molar-refractivity contribution in [3.05, 3.63) is 0 Å². The molecule has 5 N–H and O–H groups in total. The number of phosphoric ester groups is 1. The van der Waals surface area contributed by atoms with Crippen LogP contribution in [0, 0.1) is 0 Å². The molecule has 0 bridgehead atoms. The zero-order chi connectivity index (χ0) is 30.3. The normalized spacial score (nSPS) is 11.9. The van der Waals surface area contributed by atoms with Crippen LogP contribution >= 0.6 is 7.82 Å². The average Bonchev–Trinajstić information content (AvgIpc) is 2.92. The molecular formula is C29H60NO9P. The van der Waals surface area contributed by atoms with Crippen molar-refractivity contribution in [2.75, 3.05) is 26.4 Å². The number of hydrogen-bond acceptors (Lipinski definition) is 8. The van der Waals surface area contributed by atoms with Crippen LogP contribution in [0.25, 0.3) is 0 Å². The third kappa shape index (κ3) is 35.0. The number of carbonyl (C=O) groups excluding carboxylic acids is 2. The Morgan fingerprint density at radius 1 is 0.700 bits per heavy atom. The van der Waals surface area contributed by atoms with Crippen LogP contribution in [0.2, 0.25) is 0 Å². The highest BCUT2D eigenvalue weighted by molar-refractivity contribution is 7.46. The van der Waals surface area contributed by atoms with Gasteiger partial charge in [0.2, 0.25) is 0 Å². The second kappa shape index (κ2) is 30.9. The Kier molecular flexibility index (Phi) is 31.8. The third-order valence-corrected chi connectivity index (χ3v) is 6.80. The molecule has 0 radical (unpaired) electrons. The predicted molar refractivity (Wildman–Crippen MR) is 159 cm³/mol. The number of ether oxygens (including phenoxy) is 2. The van der Waals surface area contributed by atoms with Gasteiger partial charge >= 0.3 is 19.8 Å². The van der Waals surface area contributed by atoms with Crippen LogP contribution in [-0.2, 0) is 28.2 Å². The molecule has 0 aromatic rings. The molecule has 0 spiro atoms. The smallest absolute Gasteiger partial charge is 0.462 e. The Labute approximate surface area is 243 Å². The highest BCUT2D eigenvalue weighted by Gasteiger charge is 2.16. The van der Waals surface area contributed by atoms with Crippen molar-refractivity contribution in [3.8, 4) is 0 Å². The van der Waals surface area contributed by atoms with Crippen molar-refractivity contribution in [1.29, 1.82) is 0 Å². The van der Waals surface area contributed by atoms with Crippen LogP contribution < -0.4 is 5.73 Å². The first kappa shape index (κ1) is 41.1. The summed E-state index contributed by atoms with van der Waals surface area (Å²) in [6.07, 6.45) is 21.5. The maximum atomic E-state index is 11.9. The van der Waals surface area contributed by atoms with Crippen LogP contribution in [0.15, 0.2) is 0 Å². The zero-order valence-corrected chi connectivity index (χ0v) is 26.3. The highest BCUT2D eigenvalue weighted by Crippen LogP contribution is 2.34. The van der Waals surface area contributed by atoms with E-state index in [0.717, 1.165) is 38.5 Å². The lowest BCUT2D eigenvalue weighted by molar-refractivity contribution is -0.161. The van der Waals surface area contributed by atoms with Crippen LogP contribution in [0.4, 0.5) is 0 Å². The Morgan fingerprint density at radius 2 is 1.10 bits per heavy atom. The molecule has 0 aliphatic carbocycles. The molecule has 10 nitrogen and oxygen atoms in total. The molecule has 0 aromatic heterocycles. The summed E-state index contributed by atoms with van der Waals surface area (Å²) in [4.78, 5) is 39.8. The molecule has 0 aliphatic rings. The predicted octanol–water partition coefficient (Wildman–Crippen LogP) is 6.33. The number of rotatable bonds is 27. The first-order valence-electron chi connectivity index (χ1n) is 15.6. The third-order valence-electron chi connectivity index (χ3n) is 6.28. The lowest BCUT2D eigenvalue weighted by Crippen LogP contribution is -2.28. The van der Waals surface area contributed by atoms with Crippen LogP contribution in [0.3, 0.4) is 0 Å². The number of hydrogen-bond donors (Lipinski definition) is 4. The van der Waals surface area contributed by atoms with Gasteiger partial charge in [-0.15, -0.1) is 0 Å². The summed E-state index contributed by atoms with van der Waals surface area (Å²) in [5.41, 5.74) is 4.87. The topological polar surface area (TPSA) is 166 Å². The number of aliphatic hydroxyl groups is 1. The van der Waals surface area contributed by atoms with E-state index in [1.165, 1.54) is 77.0 Å². The van der Waals surface area contributed by atoms with Crippen molar-refractivity contribution in [1.82, 2.24) is 0 Å². The van der Waals surface area contributed by atoms with Crippen LogP contribution in [-0.4, -0.2) is 59.3 Å². The number of aliphatic hydroxyl groups excluding tert-OH is 1. The van der Waals surface area contributed by atoms with E-state index in [1.807, 2.05) is 0 Å². The lowest BCUT2D eigenvalue weighted by atomic mass is 10.1. The molecule has 0 saturated carbocycles. The van der Waals surface area contributed by atoms with Gasteiger partial charge in [-0.25, -0.2) is 4.57 Å². The Morgan fingerprint density at radius 3 is 1.45 bits per heavy atom. The second-order valence-electron chi connectivity index (χ2n) is 10.2. The fourth-order valence-corrected chi connectivity index (χ4v) is 4.30.